The summed E-state index contributed by atoms with van der Waals surface area (Å²) in [4.78, 5) is 18.9. The summed E-state index contributed by atoms with van der Waals surface area (Å²) >= 11 is 5.77. The third-order valence-corrected chi connectivity index (χ3v) is 3.52. The highest BCUT2D eigenvalue weighted by molar-refractivity contribution is 6.29. The molecule has 1 atom stereocenters. The molecule has 1 heterocycles. The van der Waals surface area contributed by atoms with E-state index in [1.165, 1.54) is 18.9 Å². The van der Waals surface area contributed by atoms with E-state index in [-0.39, 0.29) is 10.8 Å². The van der Waals surface area contributed by atoms with E-state index in [0.29, 0.717) is 17.2 Å². The van der Waals surface area contributed by atoms with E-state index >= 15 is 0 Å². The molecule has 2 saturated carbocycles. The van der Waals surface area contributed by atoms with Crippen LogP contribution in [-0.2, 0) is 0 Å². The van der Waals surface area contributed by atoms with Crippen molar-refractivity contribution in [2.75, 3.05) is 0 Å². The van der Waals surface area contributed by atoms with Crippen LogP contribution < -0.4 is 0 Å². The van der Waals surface area contributed by atoms with Gasteiger partial charge in [-0.05, 0) is 24.7 Å². The van der Waals surface area contributed by atoms with Gasteiger partial charge in [-0.3, -0.25) is 0 Å². The molecule has 4 nitrogen and oxygen atoms in total. The Balaban J connectivity index is 1.97. The van der Waals surface area contributed by atoms with Crippen molar-refractivity contribution < 1.29 is 9.90 Å². The summed E-state index contributed by atoms with van der Waals surface area (Å²) in [6.07, 6.45) is 3.53. The molecule has 0 bridgehead atoms. The van der Waals surface area contributed by atoms with E-state index in [9.17, 15) is 4.79 Å². The zero-order chi connectivity index (χ0) is 10.6. The van der Waals surface area contributed by atoms with Crippen molar-refractivity contribution in [2.45, 2.75) is 25.2 Å². The van der Waals surface area contributed by atoms with E-state index < -0.39 is 5.97 Å². The molecule has 2 fully saturated rings. The second-order valence-corrected chi connectivity index (χ2v) is 4.75. The molecule has 78 valence electrons. The summed E-state index contributed by atoms with van der Waals surface area (Å²) in [5, 5.41) is 9.06. The molecule has 0 saturated heterocycles. The minimum atomic E-state index is -1.05. The third kappa shape index (κ3) is 1.40. The molecule has 0 radical (unpaired) electrons. The lowest BCUT2D eigenvalue weighted by atomic mass is 10.2. The van der Waals surface area contributed by atoms with Gasteiger partial charge >= 0.3 is 5.97 Å². The van der Waals surface area contributed by atoms with Gasteiger partial charge in [0.2, 0.25) is 0 Å². The maximum Gasteiger partial charge on any atom is 0.354 e. The van der Waals surface area contributed by atoms with Crippen LogP contribution in [0.5, 0.6) is 0 Å². The zero-order valence-electron chi connectivity index (χ0n) is 7.90. The number of nitrogens with zero attached hydrogens (tertiary/aromatic N) is 2. The number of aromatic carboxylic acids is 1. The summed E-state index contributed by atoms with van der Waals surface area (Å²) in [6.45, 7) is 0. The van der Waals surface area contributed by atoms with Crippen molar-refractivity contribution in [3.8, 4) is 0 Å². The van der Waals surface area contributed by atoms with Crippen LogP contribution in [0.4, 0.5) is 0 Å². The number of hydrogen-bond donors (Lipinski definition) is 1. The molecule has 1 spiro atoms. The summed E-state index contributed by atoms with van der Waals surface area (Å²) < 4.78 is 0. The summed E-state index contributed by atoms with van der Waals surface area (Å²) in [5.41, 5.74) is 0.410. The van der Waals surface area contributed by atoms with Crippen molar-refractivity contribution in [3.63, 3.8) is 0 Å². The van der Waals surface area contributed by atoms with E-state index in [1.807, 2.05) is 0 Å². The molecule has 1 unspecified atom stereocenters. The molecule has 0 aliphatic heterocycles. The number of hydrogen-bond acceptors (Lipinski definition) is 3. The van der Waals surface area contributed by atoms with Crippen LogP contribution in [0, 0.1) is 5.41 Å². The van der Waals surface area contributed by atoms with Gasteiger partial charge in [0.15, 0.2) is 5.69 Å². The first-order chi connectivity index (χ1) is 7.11. The van der Waals surface area contributed by atoms with Crippen molar-refractivity contribution in [2.24, 2.45) is 5.41 Å². The molecule has 0 aromatic carbocycles. The SMILES string of the molecule is O=C(O)c1cc(Cl)nc(C2CC23CC3)n1. The second-order valence-electron chi connectivity index (χ2n) is 4.36. The molecule has 2 aliphatic carbocycles. The zero-order valence-corrected chi connectivity index (χ0v) is 8.66. The van der Waals surface area contributed by atoms with Crippen LogP contribution in [0.2, 0.25) is 5.15 Å². The molecule has 2 aliphatic rings. The van der Waals surface area contributed by atoms with Crippen molar-refractivity contribution in [1.82, 2.24) is 9.97 Å². The lowest BCUT2D eigenvalue weighted by Gasteiger charge is -2.00. The average molecular weight is 225 g/mol. The van der Waals surface area contributed by atoms with E-state index in [1.54, 1.807) is 0 Å². The molecular weight excluding hydrogens is 216 g/mol. The smallest absolute Gasteiger partial charge is 0.354 e. The summed E-state index contributed by atoms with van der Waals surface area (Å²) in [5.74, 6) is -0.0993. The normalized spacial score (nSPS) is 25.3. The maximum atomic E-state index is 10.8. The molecule has 5 heteroatoms. The molecule has 1 aromatic heterocycles. The highest BCUT2D eigenvalue weighted by Gasteiger charge is 2.64. The Bertz CT molecular complexity index is 457. The van der Waals surface area contributed by atoms with Gasteiger partial charge in [-0.2, -0.15) is 0 Å². The van der Waals surface area contributed by atoms with Gasteiger partial charge in [-0.15, -0.1) is 0 Å². The van der Waals surface area contributed by atoms with Gasteiger partial charge in [0.1, 0.15) is 11.0 Å². The lowest BCUT2D eigenvalue weighted by molar-refractivity contribution is 0.0690. The largest absolute Gasteiger partial charge is 0.477 e. The highest BCUT2D eigenvalue weighted by atomic mass is 35.5. The van der Waals surface area contributed by atoms with E-state index in [4.69, 9.17) is 16.7 Å². The first-order valence-electron chi connectivity index (χ1n) is 4.88. The van der Waals surface area contributed by atoms with E-state index in [2.05, 4.69) is 9.97 Å². The lowest BCUT2D eigenvalue weighted by Crippen LogP contribution is -2.05. The average Bonchev–Trinajstić information content (AvgIpc) is 3.07. The van der Waals surface area contributed by atoms with Crippen LogP contribution >= 0.6 is 11.6 Å². The Labute approximate surface area is 91.3 Å². The fraction of sp³-hybridized carbons (Fsp3) is 0.500. The first-order valence-corrected chi connectivity index (χ1v) is 5.26. The molecule has 0 amide bonds. The van der Waals surface area contributed by atoms with Crippen LogP contribution in [0.1, 0.15) is 41.5 Å². The summed E-state index contributed by atoms with van der Waals surface area (Å²) in [7, 11) is 0. The Morgan fingerprint density at radius 1 is 1.53 bits per heavy atom. The summed E-state index contributed by atoms with van der Waals surface area (Å²) in [6, 6.07) is 1.29. The molecule has 1 aromatic rings. The number of carboxylic acids is 1. The molecule has 1 N–H and O–H groups in total. The number of rotatable bonds is 2. The number of halogens is 1. The van der Waals surface area contributed by atoms with Crippen molar-refractivity contribution in [1.29, 1.82) is 0 Å². The maximum absolute atomic E-state index is 10.8. The molecule has 3 rings (SSSR count). The quantitative estimate of drug-likeness (QED) is 0.782. The van der Waals surface area contributed by atoms with Crippen LogP contribution in [0.3, 0.4) is 0 Å². The fourth-order valence-corrected chi connectivity index (χ4v) is 2.32. The predicted molar refractivity (Wildman–Crippen MR) is 53.0 cm³/mol. The van der Waals surface area contributed by atoms with Gasteiger partial charge in [0, 0.05) is 12.0 Å². The van der Waals surface area contributed by atoms with Crippen LogP contribution in [-0.4, -0.2) is 21.0 Å². The Morgan fingerprint density at radius 2 is 2.27 bits per heavy atom. The number of carbonyl (C=O) groups is 1. The van der Waals surface area contributed by atoms with Gasteiger partial charge in [-0.1, -0.05) is 11.6 Å². The number of aromatic nitrogens is 2. The van der Waals surface area contributed by atoms with Gasteiger partial charge in [0.05, 0.1) is 0 Å². The van der Waals surface area contributed by atoms with Crippen molar-refractivity contribution in [3.05, 3.63) is 22.7 Å². The van der Waals surface area contributed by atoms with Crippen LogP contribution in [0.25, 0.3) is 0 Å². The monoisotopic (exact) mass is 224 g/mol. The standard InChI is InChI=1S/C10H9ClN2O2/c11-7-3-6(9(14)15)12-8(13-7)5-4-10(5)1-2-10/h3,5H,1-2,4H2,(H,14,15). The minimum absolute atomic E-state index is 0.00676. The van der Waals surface area contributed by atoms with Crippen molar-refractivity contribution >= 4 is 17.6 Å². The molecular formula is C10H9ClN2O2. The van der Waals surface area contributed by atoms with Gasteiger partial charge in [-0.25, -0.2) is 14.8 Å². The fourth-order valence-electron chi connectivity index (χ4n) is 2.13. The second kappa shape index (κ2) is 2.70. The van der Waals surface area contributed by atoms with Crippen LogP contribution in [0.15, 0.2) is 6.07 Å². The minimum Gasteiger partial charge on any atom is -0.477 e. The predicted octanol–water partition coefficient (Wildman–Crippen LogP) is 2.10. The first kappa shape index (κ1) is 9.09. The Kier molecular flexibility index (Phi) is 1.63. The van der Waals surface area contributed by atoms with Gasteiger partial charge in [0.25, 0.3) is 0 Å². The third-order valence-electron chi connectivity index (χ3n) is 3.32. The van der Waals surface area contributed by atoms with E-state index in [0.717, 1.165) is 6.42 Å². The Hall–Kier alpha value is -1.16. The van der Waals surface area contributed by atoms with Gasteiger partial charge < -0.3 is 5.11 Å². The number of carboxylic acid groups (broad SMARTS) is 1. The Morgan fingerprint density at radius 3 is 2.80 bits per heavy atom. The highest BCUT2D eigenvalue weighted by Crippen LogP contribution is 2.74. The molecule has 15 heavy (non-hydrogen) atoms. The topological polar surface area (TPSA) is 63.1 Å².